The molecule has 1 atom stereocenters. The molecule has 2 N–H and O–H groups in total. The molecule has 8 heteroatoms. The first-order valence-corrected chi connectivity index (χ1v) is 13.7. The van der Waals surface area contributed by atoms with Gasteiger partial charge in [0.1, 0.15) is 11.6 Å². The molecule has 4 aromatic rings. The quantitative estimate of drug-likeness (QED) is 0.214. The van der Waals surface area contributed by atoms with E-state index in [1.54, 1.807) is 67.8 Å². The maximum absolute atomic E-state index is 13.9. The SMILES string of the molecule is COc1ccc(CCN(CCC(=O)O)C(=O)c2ccccc2-c2ccccc2C(=O)NC(C)c2ccc(F)cc2)cc1. The summed E-state index contributed by atoms with van der Waals surface area (Å²) in [6.07, 6.45) is 0.328. The molecular formula is C34H33FN2O5. The van der Waals surface area contributed by atoms with E-state index in [2.05, 4.69) is 5.32 Å². The lowest BCUT2D eigenvalue weighted by molar-refractivity contribution is -0.137. The van der Waals surface area contributed by atoms with Gasteiger partial charge in [0, 0.05) is 24.2 Å². The highest BCUT2D eigenvalue weighted by molar-refractivity contribution is 6.06. The summed E-state index contributed by atoms with van der Waals surface area (Å²) in [5.74, 6) is -1.29. The number of hydrogen-bond donors (Lipinski definition) is 2. The maximum atomic E-state index is 13.9. The summed E-state index contributed by atoms with van der Waals surface area (Å²) >= 11 is 0. The molecule has 0 heterocycles. The van der Waals surface area contributed by atoms with Crippen LogP contribution < -0.4 is 10.1 Å². The van der Waals surface area contributed by atoms with Crippen LogP contribution in [0.1, 0.15) is 51.2 Å². The molecule has 4 rings (SSSR count). The number of halogens is 1. The molecule has 0 aliphatic rings. The molecule has 7 nitrogen and oxygen atoms in total. The van der Waals surface area contributed by atoms with Crippen LogP contribution in [-0.4, -0.2) is 48.0 Å². The van der Waals surface area contributed by atoms with Crippen LogP contribution in [0.4, 0.5) is 4.39 Å². The maximum Gasteiger partial charge on any atom is 0.305 e. The second-order valence-electron chi connectivity index (χ2n) is 9.87. The Labute approximate surface area is 244 Å². The van der Waals surface area contributed by atoms with Crippen LogP contribution in [0.5, 0.6) is 5.75 Å². The highest BCUT2D eigenvalue weighted by Crippen LogP contribution is 2.29. The van der Waals surface area contributed by atoms with E-state index in [9.17, 15) is 23.9 Å². The van der Waals surface area contributed by atoms with E-state index in [0.717, 1.165) is 16.9 Å². The van der Waals surface area contributed by atoms with Gasteiger partial charge >= 0.3 is 5.97 Å². The van der Waals surface area contributed by atoms with Crippen LogP contribution in [0.3, 0.4) is 0 Å². The van der Waals surface area contributed by atoms with Crippen molar-refractivity contribution in [3.8, 4) is 16.9 Å². The molecule has 1 unspecified atom stereocenters. The molecule has 0 saturated heterocycles. The molecule has 4 aromatic carbocycles. The Balaban J connectivity index is 1.61. The summed E-state index contributed by atoms with van der Waals surface area (Å²) in [6, 6.07) is 27.1. The van der Waals surface area contributed by atoms with Gasteiger partial charge in [-0.05, 0) is 72.0 Å². The number of nitrogens with zero attached hydrogens (tertiary/aromatic N) is 1. The number of aliphatic carboxylic acids is 1. The molecule has 0 aromatic heterocycles. The van der Waals surface area contributed by atoms with Gasteiger partial charge in [-0.15, -0.1) is 0 Å². The standard InChI is InChI=1S/C34H33FN2O5/c1-23(25-13-15-26(35)16-14-25)36-33(40)30-9-5-3-7-28(30)29-8-4-6-10-31(29)34(41)37(22-20-32(38)39)21-19-24-11-17-27(42-2)18-12-24/h3-18,23H,19-22H2,1-2H3,(H,36,40)(H,38,39). The van der Waals surface area contributed by atoms with Gasteiger partial charge in [0.2, 0.25) is 0 Å². The second kappa shape index (κ2) is 14.1. The number of hydrogen-bond acceptors (Lipinski definition) is 4. The first-order valence-electron chi connectivity index (χ1n) is 13.7. The number of carbonyl (C=O) groups excluding carboxylic acids is 2. The Bertz CT molecular complexity index is 1540. The summed E-state index contributed by atoms with van der Waals surface area (Å²) in [4.78, 5) is 40.3. The Morgan fingerprint density at radius 2 is 1.43 bits per heavy atom. The minimum absolute atomic E-state index is 0.0377. The number of methoxy groups -OCH3 is 1. The zero-order valence-corrected chi connectivity index (χ0v) is 23.5. The van der Waals surface area contributed by atoms with Gasteiger partial charge in [-0.2, -0.15) is 0 Å². The van der Waals surface area contributed by atoms with Crippen LogP contribution in [0, 0.1) is 5.82 Å². The second-order valence-corrected chi connectivity index (χ2v) is 9.87. The van der Waals surface area contributed by atoms with Crippen molar-refractivity contribution in [2.75, 3.05) is 20.2 Å². The number of nitrogens with one attached hydrogen (secondary N) is 1. The lowest BCUT2D eigenvalue weighted by atomic mass is 9.94. The summed E-state index contributed by atoms with van der Waals surface area (Å²) in [6.45, 7) is 2.16. The van der Waals surface area contributed by atoms with Crippen LogP contribution >= 0.6 is 0 Å². The third-order valence-electron chi connectivity index (χ3n) is 7.05. The fraction of sp³-hybridized carbons (Fsp3) is 0.206. The van der Waals surface area contributed by atoms with Gasteiger partial charge in [0.15, 0.2) is 0 Å². The highest BCUT2D eigenvalue weighted by atomic mass is 19.1. The Kier molecular flexibility index (Phi) is 10.1. The predicted molar refractivity (Wildman–Crippen MR) is 159 cm³/mol. The van der Waals surface area contributed by atoms with Gasteiger partial charge in [-0.3, -0.25) is 14.4 Å². The summed E-state index contributed by atoms with van der Waals surface area (Å²) < 4.78 is 18.6. The molecule has 2 amide bonds. The van der Waals surface area contributed by atoms with E-state index in [-0.39, 0.29) is 36.6 Å². The van der Waals surface area contributed by atoms with Crippen molar-refractivity contribution < 1.29 is 28.6 Å². The summed E-state index contributed by atoms with van der Waals surface area (Å²) in [5, 5.41) is 12.3. The van der Waals surface area contributed by atoms with Gasteiger partial charge in [0.25, 0.3) is 11.8 Å². The molecule has 216 valence electrons. The minimum atomic E-state index is -0.997. The zero-order chi connectivity index (χ0) is 30.1. The summed E-state index contributed by atoms with van der Waals surface area (Å²) in [7, 11) is 1.59. The first kappa shape index (κ1) is 30.0. The largest absolute Gasteiger partial charge is 0.497 e. The average Bonchev–Trinajstić information content (AvgIpc) is 3.01. The normalized spacial score (nSPS) is 11.4. The molecule has 0 bridgehead atoms. The molecular weight excluding hydrogens is 535 g/mol. The van der Waals surface area contributed by atoms with Gasteiger partial charge in [-0.1, -0.05) is 60.7 Å². The van der Waals surface area contributed by atoms with E-state index < -0.39 is 5.97 Å². The van der Waals surface area contributed by atoms with E-state index in [1.807, 2.05) is 31.2 Å². The number of carboxylic acid groups (broad SMARTS) is 1. The Hall–Kier alpha value is -4.98. The van der Waals surface area contributed by atoms with E-state index >= 15 is 0 Å². The van der Waals surface area contributed by atoms with Crippen molar-refractivity contribution >= 4 is 17.8 Å². The Morgan fingerprint density at radius 3 is 2.05 bits per heavy atom. The molecule has 42 heavy (non-hydrogen) atoms. The van der Waals surface area contributed by atoms with Crippen molar-refractivity contribution in [1.82, 2.24) is 10.2 Å². The molecule has 0 aliphatic carbocycles. The van der Waals surface area contributed by atoms with Crippen LogP contribution in [0.25, 0.3) is 11.1 Å². The summed E-state index contributed by atoms with van der Waals surface area (Å²) in [5.41, 5.74) is 3.61. The number of ether oxygens (including phenoxy) is 1. The third kappa shape index (κ3) is 7.60. The number of carboxylic acids is 1. The Morgan fingerprint density at radius 1 is 0.833 bits per heavy atom. The van der Waals surface area contributed by atoms with E-state index in [4.69, 9.17) is 4.74 Å². The number of amides is 2. The monoisotopic (exact) mass is 568 g/mol. The van der Waals surface area contributed by atoms with Crippen molar-refractivity contribution in [3.05, 3.63) is 125 Å². The molecule has 0 aliphatic heterocycles. The first-order chi connectivity index (χ1) is 20.3. The smallest absolute Gasteiger partial charge is 0.305 e. The number of carbonyl (C=O) groups is 3. The predicted octanol–water partition coefficient (Wildman–Crippen LogP) is 6.15. The molecule has 0 spiro atoms. The van der Waals surface area contributed by atoms with Crippen LogP contribution in [0.2, 0.25) is 0 Å². The molecule has 0 radical (unpaired) electrons. The number of benzene rings is 4. The van der Waals surface area contributed by atoms with Crippen molar-refractivity contribution in [3.63, 3.8) is 0 Å². The minimum Gasteiger partial charge on any atom is -0.497 e. The van der Waals surface area contributed by atoms with E-state index in [1.165, 1.54) is 17.0 Å². The molecule has 0 fully saturated rings. The average molecular weight is 569 g/mol. The fourth-order valence-corrected chi connectivity index (χ4v) is 4.70. The lowest BCUT2D eigenvalue weighted by Crippen LogP contribution is -2.35. The van der Waals surface area contributed by atoms with Gasteiger partial charge in [0.05, 0.1) is 19.6 Å². The zero-order valence-electron chi connectivity index (χ0n) is 23.5. The highest BCUT2D eigenvalue weighted by Gasteiger charge is 2.23. The number of rotatable bonds is 12. The van der Waals surface area contributed by atoms with Crippen molar-refractivity contribution in [1.29, 1.82) is 0 Å². The van der Waals surface area contributed by atoms with Crippen LogP contribution in [-0.2, 0) is 11.2 Å². The van der Waals surface area contributed by atoms with Gasteiger partial charge < -0.3 is 20.1 Å². The van der Waals surface area contributed by atoms with Crippen molar-refractivity contribution in [2.24, 2.45) is 0 Å². The van der Waals surface area contributed by atoms with Crippen LogP contribution in [0.15, 0.2) is 97.1 Å². The third-order valence-corrected chi connectivity index (χ3v) is 7.05. The van der Waals surface area contributed by atoms with Crippen molar-refractivity contribution in [2.45, 2.75) is 25.8 Å². The fourth-order valence-electron chi connectivity index (χ4n) is 4.70. The van der Waals surface area contributed by atoms with Gasteiger partial charge in [-0.25, -0.2) is 4.39 Å². The lowest BCUT2D eigenvalue weighted by Gasteiger charge is -2.24. The topological polar surface area (TPSA) is 95.9 Å². The molecule has 0 saturated carbocycles. The van der Waals surface area contributed by atoms with E-state index in [0.29, 0.717) is 35.2 Å².